The molecule has 1 spiro atoms. The highest BCUT2D eigenvalue weighted by Crippen LogP contribution is 2.38. The molecule has 76 valence electrons. The van der Waals surface area contributed by atoms with Crippen molar-refractivity contribution in [2.45, 2.75) is 45.8 Å². The van der Waals surface area contributed by atoms with Crippen molar-refractivity contribution in [3.05, 3.63) is 0 Å². The van der Waals surface area contributed by atoms with Crippen molar-refractivity contribution in [2.75, 3.05) is 13.2 Å². The standard InChI is InChI=1S/C11H21NO/c1-10(2,3)9-7-12-11(13-8-9)5-4-6-11/h9,12H,4-8H2,1-3H3. The van der Waals surface area contributed by atoms with Gasteiger partial charge in [0.25, 0.3) is 0 Å². The zero-order chi connectivity index (χ0) is 9.53. The van der Waals surface area contributed by atoms with Crippen LogP contribution in [0.15, 0.2) is 0 Å². The Morgan fingerprint density at radius 1 is 1.31 bits per heavy atom. The van der Waals surface area contributed by atoms with Gasteiger partial charge in [-0.25, -0.2) is 0 Å². The summed E-state index contributed by atoms with van der Waals surface area (Å²) < 4.78 is 5.93. The Morgan fingerprint density at radius 2 is 2.00 bits per heavy atom. The predicted molar refractivity (Wildman–Crippen MR) is 53.5 cm³/mol. The van der Waals surface area contributed by atoms with Gasteiger partial charge in [-0.3, -0.25) is 5.32 Å². The molecule has 1 saturated carbocycles. The molecule has 0 aromatic carbocycles. The molecule has 1 saturated heterocycles. The molecule has 1 heterocycles. The van der Waals surface area contributed by atoms with Gasteiger partial charge in [0.2, 0.25) is 0 Å². The molecule has 0 amide bonds. The SMILES string of the molecule is CC(C)(C)C1CNC2(CCC2)OC1. The lowest BCUT2D eigenvalue weighted by Gasteiger charge is -2.49. The average molecular weight is 183 g/mol. The molecule has 0 radical (unpaired) electrons. The van der Waals surface area contributed by atoms with Gasteiger partial charge in [0.1, 0.15) is 5.72 Å². The highest BCUT2D eigenvalue weighted by molar-refractivity contribution is 4.93. The van der Waals surface area contributed by atoms with Gasteiger partial charge in [-0.05, 0) is 30.6 Å². The molecular formula is C11H21NO. The van der Waals surface area contributed by atoms with Crippen LogP contribution >= 0.6 is 0 Å². The Balaban J connectivity index is 1.89. The molecule has 2 heteroatoms. The van der Waals surface area contributed by atoms with Crippen LogP contribution in [0.1, 0.15) is 40.0 Å². The van der Waals surface area contributed by atoms with E-state index in [2.05, 4.69) is 26.1 Å². The summed E-state index contributed by atoms with van der Waals surface area (Å²) in [5, 5.41) is 3.57. The van der Waals surface area contributed by atoms with Crippen LogP contribution in [0, 0.1) is 11.3 Å². The smallest absolute Gasteiger partial charge is 0.119 e. The van der Waals surface area contributed by atoms with Gasteiger partial charge in [0.15, 0.2) is 0 Å². The van der Waals surface area contributed by atoms with E-state index in [1.165, 1.54) is 19.3 Å². The first-order valence-corrected chi connectivity index (χ1v) is 5.41. The Kier molecular flexibility index (Phi) is 2.16. The van der Waals surface area contributed by atoms with Crippen LogP contribution in [0.4, 0.5) is 0 Å². The second kappa shape index (κ2) is 2.96. The number of nitrogens with one attached hydrogen (secondary N) is 1. The first-order chi connectivity index (χ1) is 6.02. The lowest BCUT2D eigenvalue weighted by Crippen LogP contribution is -2.60. The molecule has 2 nitrogen and oxygen atoms in total. The highest BCUT2D eigenvalue weighted by atomic mass is 16.5. The number of hydrogen-bond acceptors (Lipinski definition) is 2. The molecule has 1 aliphatic heterocycles. The van der Waals surface area contributed by atoms with Gasteiger partial charge in [-0.15, -0.1) is 0 Å². The van der Waals surface area contributed by atoms with E-state index in [-0.39, 0.29) is 5.72 Å². The monoisotopic (exact) mass is 183 g/mol. The molecule has 2 aliphatic rings. The fraction of sp³-hybridized carbons (Fsp3) is 1.00. The maximum atomic E-state index is 5.93. The zero-order valence-corrected chi connectivity index (χ0v) is 9.02. The van der Waals surface area contributed by atoms with E-state index in [9.17, 15) is 0 Å². The van der Waals surface area contributed by atoms with Crippen LogP contribution in [0.3, 0.4) is 0 Å². The largest absolute Gasteiger partial charge is 0.360 e. The number of rotatable bonds is 0. The molecular weight excluding hydrogens is 162 g/mol. The number of ether oxygens (including phenoxy) is 1. The van der Waals surface area contributed by atoms with Gasteiger partial charge in [-0.2, -0.15) is 0 Å². The van der Waals surface area contributed by atoms with Crippen molar-refractivity contribution in [2.24, 2.45) is 11.3 Å². The molecule has 1 unspecified atom stereocenters. The maximum absolute atomic E-state index is 5.93. The summed E-state index contributed by atoms with van der Waals surface area (Å²) in [6, 6.07) is 0. The van der Waals surface area contributed by atoms with E-state index in [0.717, 1.165) is 13.2 Å². The fourth-order valence-corrected chi connectivity index (χ4v) is 2.05. The van der Waals surface area contributed by atoms with E-state index < -0.39 is 0 Å². The molecule has 13 heavy (non-hydrogen) atoms. The summed E-state index contributed by atoms with van der Waals surface area (Å²) in [5.74, 6) is 0.665. The van der Waals surface area contributed by atoms with Crippen LogP contribution in [-0.2, 0) is 4.74 Å². The van der Waals surface area contributed by atoms with Crippen LogP contribution in [0.2, 0.25) is 0 Å². The number of hydrogen-bond donors (Lipinski definition) is 1. The molecule has 1 atom stereocenters. The molecule has 2 rings (SSSR count). The first kappa shape index (κ1) is 9.47. The summed E-state index contributed by atoms with van der Waals surface area (Å²) in [7, 11) is 0. The molecule has 0 bridgehead atoms. The third-order valence-electron chi connectivity index (χ3n) is 3.62. The third kappa shape index (κ3) is 1.75. The van der Waals surface area contributed by atoms with E-state index in [4.69, 9.17) is 4.74 Å². The minimum Gasteiger partial charge on any atom is -0.360 e. The lowest BCUT2D eigenvalue weighted by molar-refractivity contribution is -0.172. The third-order valence-corrected chi connectivity index (χ3v) is 3.62. The van der Waals surface area contributed by atoms with Crippen LogP contribution in [-0.4, -0.2) is 18.9 Å². The topological polar surface area (TPSA) is 21.3 Å². The van der Waals surface area contributed by atoms with Gasteiger partial charge in [0, 0.05) is 6.54 Å². The van der Waals surface area contributed by atoms with E-state index in [1.807, 2.05) is 0 Å². The van der Waals surface area contributed by atoms with Gasteiger partial charge in [-0.1, -0.05) is 20.8 Å². The zero-order valence-electron chi connectivity index (χ0n) is 9.02. The molecule has 1 N–H and O–H groups in total. The van der Waals surface area contributed by atoms with Gasteiger partial charge < -0.3 is 4.74 Å². The Morgan fingerprint density at radius 3 is 2.31 bits per heavy atom. The molecule has 2 fully saturated rings. The summed E-state index contributed by atoms with van der Waals surface area (Å²) in [6.45, 7) is 8.95. The van der Waals surface area contributed by atoms with E-state index >= 15 is 0 Å². The Bertz CT molecular complexity index is 181. The summed E-state index contributed by atoms with van der Waals surface area (Å²) in [5.41, 5.74) is 0.472. The van der Waals surface area contributed by atoms with Crippen molar-refractivity contribution >= 4 is 0 Å². The highest BCUT2D eigenvalue weighted by Gasteiger charge is 2.43. The molecule has 0 aromatic heterocycles. The Labute approximate surface area is 81.0 Å². The summed E-state index contributed by atoms with van der Waals surface area (Å²) in [4.78, 5) is 0. The van der Waals surface area contributed by atoms with Crippen molar-refractivity contribution < 1.29 is 4.74 Å². The Hall–Kier alpha value is -0.0800. The van der Waals surface area contributed by atoms with Crippen molar-refractivity contribution in [1.29, 1.82) is 0 Å². The second-order valence-electron chi connectivity index (χ2n) is 5.60. The lowest BCUT2D eigenvalue weighted by atomic mass is 9.78. The molecule has 0 aromatic rings. The van der Waals surface area contributed by atoms with Crippen LogP contribution in [0.25, 0.3) is 0 Å². The normalized spacial score (nSPS) is 33.0. The second-order valence-corrected chi connectivity index (χ2v) is 5.60. The average Bonchev–Trinajstić information content (AvgIpc) is 2.00. The minimum absolute atomic E-state index is 0.0990. The maximum Gasteiger partial charge on any atom is 0.119 e. The van der Waals surface area contributed by atoms with Crippen LogP contribution < -0.4 is 5.32 Å². The van der Waals surface area contributed by atoms with E-state index in [1.54, 1.807) is 0 Å². The summed E-state index contributed by atoms with van der Waals surface area (Å²) >= 11 is 0. The van der Waals surface area contributed by atoms with Crippen molar-refractivity contribution in [1.82, 2.24) is 5.32 Å². The van der Waals surface area contributed by atoms with Crippen molar-refractivity contribution in [3.63, 3.8) is 0 Å². The summed E-state index contributed by atoms with van der Waals surface area (Å²) in [6.07, 6.45) is 3.75. The van der Waals surface area contributed by atoms with Gasteiger partial charge >= 0.3 is 0 Å². The van der Waals surface area contributed by atoms with E-state index in [0.29, 0.717) is 11.3 Å². The fourth-order valence-electron chi connectivity index (χ4n) is 2.05. The molecule has 1 aliphatic carbocycles. The van der Waals surface area contributed by atoms with Crippen molar-refractivity contribution in [3.8, 4) is 0 Å². The van der Waals surface area contributed by atoms with Gasteiger partial charge in [0.05, 0.1) is 6.61 Å². The quantitative estimate of drug-likeness (QED) is 0.621. The van der Waals surface area contributed by atoms with Crippen LogP contribution in [0.5, 0.6) is 0 Å². The minimum atomic E-state index is 0.0990. The first-order valence-electron chi connectivity index (χ1n) is 5.41. The predicted octanol–water partition coefficient (Wildman–Crippen LogP) is 2.15.